The smallest absolute Gasteiger partial charge is 0.416 e. The Bertz CT molecular complexity index is 2770. The fraction of sp³-hybridized carbons (Fsp3) is 0.178. The van der Waals surface area contributed by atoms with Gasteiger partial charge in [-0.3, -0.25) is 4.79 Å². The van der Waals surface area contributed by atoms with Gasteiger partial charge in [0.25, 0.3) is 5.91 Å². The van der Waals surface area contributed by atoms with E-state index in [4.69, 9.17) is 4.74 Å². The van der Waals surface area contributed by atoms with Crippen LogP contribution in [0.4, 0.5) is 35.1 Å². The summed E-state index contributed by atoms with van der Waals surface area (Å²) in [6, 6.07) is 24.0. The highest BCUT2D eigenvalue weighted by molar-refractivity contribution is 6.06. The zero-order valence-electron chi connectivity index (χ0n) is 31.9. The Balaban J connectivity index is 0.000000202. The number of esters is 1. The first-order valence-corrected chi connectivity index (χ1v) is 18.5. The standard InChI is InChI=1S/C28H22F4N2O3.C17H11F4NO2/c1-37-26(36)18-4-8-20(9-5-18)27(11-12-27)33-25(35)23-15-22(29)14-19-10-13-34(24(19)23)16-17-2-6-21(7-3-17)28(30,31)32;18-13-7-11-5-6-22(15(11)14(8-13)16(23)24)9-10-1-3-12(4-2-10)17(19,20)21/h2-10,13-15H,11-12,16H2,1H3,(H,33,35);1-8H,9H2,(H,23,24). The Labute approximate surface area is 341 Å². The molecule has 2 N–H and O–H groups in total. The molecule has 0 atom stereocenters. The van der Waals surface area contributed by atoms with E-state index in [1.165, 1.54) is 43.5 Å². The molecule has 1 fully saturated rings. The van der Waals surface area contributed by atoms with Crippen LogP contribution in [-0.4, -0.2) is 39.2 Å². The molecule has 8 rings (SSSR count). The molecule has 314 valence electrons. The molecule has 8 nitrogen and oxygen atoms in total. The minimum atomic E-state index is -4.43. The lowest BCUT2D eigenvalue weighted by Crippen LogP contribution is -2.35. The van der Waals surface area contributed by atoms with E-state index in [1.807, 2.05) is 0 Å². The Morgan fingerprint density at radius 3 is 1.51 bits per heavy atom. The molecule has 1 amide bonds. The predicted molar refractivity (Wildman–Crippen MR) is 208 cm³/mol. The molecule has 0 aliphatic heterocycles. The van der Waals surface area contributed by atoms with Gasteiger partial charge in [-0.1, -0.05) is 36.4 Å². The van der Waals surface area contributed by atoms with Gasteiger partial charge >= 0.3 is 24.3 Å². The largest absolute Gasteiger partial charge is 0.478 e. The summed E-state index contributed by atoms with van der Waals surface area (Å²) in [5.41, 5.74) is 0.997. The zero-order valence-corrected chi connectivity index (χ0v) is 31.9. The van der Waals surface area contributed by atoms with Crippen LogP contribution in [0.25, 0.3) is 21.8 Å². The number of aromatic carboxylic acids is 1. The number of alkyl halides is 6. The average Bonchev–Trinajstić information content (AvgIpc) is 3.73. The maximum Gasteiger partial charge on any atom is 0.416 e. The first-order valence-electron chi connectivity index (χ1n) is 18.5. The minimum Gasteiger partial charge on any atom is -0.478 e. The molecule has 0 saturated heterocycles. The number of amides is 1. The zero-order chi connectivity index (χ0) is 43.9. The average molecular weight is 848 g/mol. The second-order valence-electron chi connectivity index (χ2n) is 14.5. The third-order valence-electron chi connectivity index (χ3n) is 10.4. The van der Waals surface area contributed by atoms with E-state index in [9.17, 15) is 54.6 Å². The quantitative estimate of drug-likeness (QED) is 0.111. The number of carbonyl (C=O) groups excluding carboxylic acids is 2. The monoisotopic (exact) mass is 847 g/mol. The molecule has 1 aliphatic carbocycles. The highest BCUT2D eigenvalue weighted by Crippen LogP contribution is 2.46. The number of halogens is 8. The van der Waals surface area contributed by atoms with Crippen molar-refractivity contribution in [1.29, 1.82) is 0 Å². The van der Waals surface area contributed by atoms with Gasteiger partial charge in [0, 0.05) is 36.3 Å². The topological polar surface area (TPSA) is 103 Å². The normalized spacial score (nSPS) is 13.4. The van der Waals surface area contributed by atoms with Crippen molar-refractivity contribution >= 4 is 39.7 Å². The van der Waals surface area contributed by atoms with Crippen molar-refractivity contribution < 1.29 is 59.4 Å². The van der Waals surface area contributed by atoms with Crippen molar-refractivity contribution in [1.82, 2.24) is 14.5 Å². The van der Waals surface area contributed by atoms with Gasteiger partial charge in [0.05, 0.1) is 51.5 Å². The molecule has 0 bridgehead atoms. The van der Waals surface area contributed by atoms with Crippen LogP contribution in [0, 0.1) is 11.6 Å². The van der Waals surface area contributed by atoms with Crippen LogP contribution < -0.4 is 5.32 Å². The molecular formula is C45H33F8N3O5. The van der Waals surface area contributed by atoms with Crippen molar-refractivity contribution in [2.75, 3.05) is 7.11 Å². The molecule has 2 heterocycles. The number of methoxy groups -OCH3 is 1. The highest BCUT2D eigenvalue weighted by atomic mass is 19.4. The van der Waals surface area contributed by atoms with Crippen LogP contribution in [0.2, 0.25) is 0 Å². The number of carboxylic acids is 1. The van der Waals surface area contributed by atoms with Gasteiger partial charge in [0.1, 0.15) is 11.6 Å². The van der Waals surface area contributed by atoms with Crippen LogP contribution >= 0.6 is 0 Å². The van der Waals surface area contributed by atoms with Gasteiger partial charge in [-0.05, 0) is 102 Å². The van der Waals surface area contributed by atoms with Gasteiger partial charge in [-0.25, -0.2) is 18.4 Å². The number of nitrogens with one attached hydrogen (secondary N) is 1. The lowest BCUT2D eigenvalue weighted by molar-refractivity contribution is -0.138. The van der Waals surface area contributed by atoms with Crippen LogP contribution in [0.3, 0.4) is 0 Å². The van der Waals surface area contributed by atoms with E-state index in [0.29, 0.717) is 51.3 Å². The fourth-order valence-electron chi connectivity index (χ4n) is 7.16. The number of aromatic nitrogens is 2. The van der Waals surface area contributed by atoms with Crippen molar-refractivity contribution in [3.63, 3.8) is 0 Å². The third kappa shape index (κ3) is 9.12. The summed E-state index contributed by atoms with van der Waals surface area (Å²) in [6.07, 6.45) is -4.22. The number of carbonyl (C=O) groups is 3. The number of benzene rings is 5. The molecule has 1 saturated carbocycles. The SMILES string of the molecule is COC(=O)c1ccc(C2(NC(=O)c3cc(F)cc4ccn(Cc5ccc(C(F)(F)F)cc5)c34)CC2)cc1.O=C(O)c1cc(F)cc2ccn(Cc3ccc(C(F)(F)F)cc3)c12. The summed E-state index contributed by atoms with van der Waals surface area (Å²) in [4.78, 5) is 36.5. The molecule has 5 aromatic carbocycles. The summed E-state index contributed by atoms with van der Waals surface area (Å²) >= 11 is 0. The Kier molecular flexibility index (Phi) is 11.2. The van der Waals surface area contributed by atoms with Gasteiger partial charge in [-0.15, -0.1) is 0 Å². The van der Waals surface area contributed by atoms with Crippen LogP contribution in [0.5, 0.6) is 0 Å². The van der Waals surface area contributed by atoms with Gasteiger partial charge in [-0.2, -0.15) is 26.3 Å². The molecule has 16 heteroatoms. The summed E-state index contributed by atoms with van der Waals surface area (Å²) < 4.78 is 112. The molecule has 2 aromatic heterocycles. The van der Waals surface area contributed by atoms with E-state index in [-0.39, 0.29) is 24.2 Å². The third-order valence-corrected chi connectivity index (χ3v) is 10.4. The number of fused-ring (bicyclic) bond motifs is 2. The maximum absolute atomic E-state index is 14.4. The van der Waals surface area contributed by atoms with Crippen LogP contribution in [0.1, 0.15) is 71.7 Å². The van der Waals surface area contributed by atoms with Gasteiger partial charge in [0.2, 0.25) is 0 Å². The maximum atomic E-state index is 14.4. The molecule has 61 heavy (non-hydrogen) atoms. The molecular weight excluding hydrogens is 814 g/mol. The summed E-state index contributed by atoms with van der Waals surface area (Å²) in [5.74, 6) is -3.43. The second kappa shape index (κ2) is 16.2. The first-order chi connectivity index (χ1) is 28.8. The second-order valence-corrected chi connectivity index (χ2v) is 14.5. The molecule has 0 spiro atoms. The predicted octanol–water partition coefficient (Wildman–Crippen LogP) is 10.6. The first kappa shape index (κ1) is 42.2. The van der Waals surface area contributed by atoms with Crippen molar-refractivity contribution in [2.24, 2.45) is 0 Å². The van der Waals surface area contributed by atoms with Crippen LogP contribution in [-0.2, 0) is 35.7 Å². The molecule has 0 radical (unpaired) electrons. The molecule has 1 aliphatic rings. The minimum absolute atomic E-state index is 0.129. The van der Waals surface area contributed by atoms with Crippen molar-refractivity contribution in [3.8, 4) is 0 Å². The van der Waals surface area contributed by atoms with Crippen molar-refractivity contribution in [2.45, 2.75) is 43.8 Å². The number of ether oxygens (including phenoxy) is 1. The Morgan fingerprint density at radius 2 is 1.10 bits per heavy atom. The lowest BCUT2D eigenvalue weighted by Gasteiger charge is -2.19. The highest BCUT2D eigenvalue weighted by Gasteiger charge is 2.46. The van der Waals surface area contributed by atoms with Gasteiger partial charge in [0.15, 0.2) is 0 Å². The number of rotatable bonds is 9. The Hall–Kier alpha value is -6.97. The number of hydrogen-bond acceptors (Lipinski definition) is 4. The number of carboxylic acid groups (broad SMARTS) is 1. The summed E-state index contributed by atoms with van der Waals surface area (Å²) in [6.45, 7) is 0.376. The number of hydrogen-bond donors (Lipinski definition) is 2. The van der Waals surface area contributed by atoms with E-state index in [0.717, 1.165) is 42.0 Å². The molecule has 7 aromatic rings. The number of nitrogens with zero attached hydrogens (tertiary/aromatic N) is 2. The van der Waals surface area contributed by atoms with Crippen molar-refractivity contribution in [3.05, 3.63) is 178 Å². The summed E-state index contributed by atoms with van der Waals surface area (Å²) in [5, 5.41) is 13.2. The lowest BCUT2D eigenvalue weighted by atomic mass is 10.0. The molecule has 0 unspecified atom stereocenters. The van der Waals surface area contributed by atoms with E-state index in [2.05, 4.69) is 5.32 Å². The summed E-state index contributed by atoms with van der Waals surface area (Å²) in [7, 11) is 1.30. The van der Waals surface area contributed by atoms with E-state index in [1.54, 1.807) is 57.9 Å². The van der Waals surface area contributed by atoms with Crippen LogP contribution in [0.15, 0.2) is 122 Å². The van der Waals surface area contributed by atoms with E-state index < -0.39 is 58.5 Å². The van der Waals surface area contributed by atoms with E-state index >= 15 is 0 Å². The fourth-order valence-corrected chi connectivity index (χ4v) is 7.16. The Morgan fingerprint density at radius 1 is 0.656 bits per heavy atom. The van der Waals surface area contributed by atoms with Gasteiger partial charge < -0.3 is 24.3 Å².